The Morgan fingerprint density at radius 1 is 1.43 bits per heavy atom. The molecule has 0 aliphatic heterocycles. The highest BCUT2D eigenvalue weighted by Gasteiger charge is 2.24. The van der Waals surface area contributed by atoms with Gasteiger partial charge < -0.3 is 20.9 Å². The molecule has 0 bridgehead atoms. The minimum Gasteiger partial charge on any atom is -0.480 e. The Kier molecular flexibility index (Phi) is 7.32. The molecule has 0 saturated carbocycles. The first-order valence-electron chi connectivity index (χ1n) is 5.99. The number of carboxylic acids is 1. The lowest BCUT2D eigenvalue weighted by Crippen LogP contribution is -2.43. The van der Waals surface area contributed by atoms with E-state index in [1.807, 2.05) is 0 Å². The van der Waals surface area contributed by atoms with Crippen LogP contribution in [0.15, 0.2) is 16.8 Å². The smallest absolute Gasteiger partial charge is 0.408 e. The van der Waals surface area contributed by atoms with Gasteiger partial charge in [0.05, 0.1) is 0 Å². The molecule has 0 heterocycles. The number of aliphatic carboxylic acids is 1. The minimum atomic E-state index is -2.93. The predicted octanol–water partition coefficient (Wildman–Crippen LogP) is 1.49. The largest absolute Gasteiger partial charge is 0.480 e. The number of alkyl halides is 2. The van der Waals surface area contributed by atoms with Crippen molar-refractivity contribution in [3.05, 3.63) is 11.8 Å². The minimum absolute atomic E-state index is 0.0405. The fraction of sp³-hybridized carbons (Fsp3) is 0.583. The maximum absolute atomic E-state index is 12.0. The Morgan fingerprint density at radius 3 is 2.38 bits per heavy atom. The fourth-order valence-electron chi connectivity index (χ4n) is 1.20. The fourth-order valence-corrected chi connectivity index (χ4v) is 1.20. The summed E-state index contributed by atoms with van der Waals surface area (Å²) in [6.07, 6.45) is 0.467. The van der Waals surface area contributed by atoms with Gasteiger partial charge in [0.25, 0.3) is 0 Å². The molecule has 0 aromatic heterocycles. The summed E-state index contributed by atoms with van der Waals surface area (Å²) in [6.45, 7) is 1.91. The van der Waals surface area contributed by atoms with Gasteiger partial charge in [-0.1, -0.05) is 0 Å². The van der Waals surface area contributed by atoms with Crippen LogP contribution in [0.1, 0.15) is 27.2 Å². The number of ether oxygens (including phenoxy) is 1. The molecule has 0 radical (unpaired) electrons. The summed E-state index contributed by atoms with van der Waals surface area (Å²) < 4.78 is 28.8. The average molecular weight is 307 g/mol. The number of carbonyl (C=O) groups excluding carboxylic acids is 1. The van der Waals surface area contributed by atoms with E-state index in [-0.39, 0.29) is 12.0 Å². The van der Waals surface area contributed by atoms with Gasteiger partial charge in [0.1, 0.15) is 11.6 Å². The normalized spacial score (nSPS) is 14.3. The molecule has 0 spiro atoms. The summed E-state index contributed by atoms with van der Waals surface area (Å²) >= 11 is 0. The molecule has 0 unspecified atom stereocenters. The number of nitrogens with one attached hydrogen (secondary N) is 1. The second-order valence-electron chi connectivity index (χ2n) is 5.04. The van der Waals surface area contributed by atoms with Crippen molar-refractivity contribution in [1.82, 2.24) is 5.32 Å². The standard InChI is InChI=1S/C12H19F2N3O4/c1-12(2,3)21-11(20)17-8(9(18)19)4-7(5-15)6-16-10(13)14/h5-6,8,10H,4,15H2,1-3H3,(H,17,20)(H,18,19)/b7-5-,16-6+/t8-/m1/s1. The lowest BCUT2D eigenvalue weighted by Gasteiger charge is -2.22. The van der Waals surface area contributed by atoms with Crippen LogP contribution in [0.5, 0.6) is 0 Å². The van der Waals surface area contributed by atoms with Crippen molar-refractivity contribution in [2.45, 2.75) is 45.4 Å². The molecule has 0 saturated heterocycles. The zero-order valence-corrected chi connectivity index (χ0v) is 12.0. The van der Waals surface area contributed by atoms with E-state index in [4.69, 9.17) is 15.6 Å². The van der Waals surface area contributed by atoms with Crippen LogP contribution in [-0.2, 0) is 9.53 Å². The second-order valence-corrected chi connectivity index (χ2v) is 5.04. The van der Waals surface area contributed by atoms with Crippen LogP contribution >= 0.6 is 0 Å². The maximum atomic E-state index is 12.0. The molecule has 21 heavy (non-hydrogen) atoms. The van der Waals surface area contributed by atoms with Crippen LogP contribution < -0.4 is 11.1 Å². The molecular formula is C12H19F2N3O4. The highest BCUT2D eigenvalue weighted by molar-refractivity contribution is 5.84. The first-order valence-corrected chi connectivity index (χ1v) is 5.99. The van der Waals surface area contributed by atoms with Crippen molar-refractivity contribution >= 4 is 18.3 Å². The first kappa shape index (κ1) is 18.8. The summed E-state index contributed by atoms with van der Waals surface area (Å²) in [5, 5.41) is 11.1. The van der Waals surface area contributed by atoms with Crippen LogP contribution in [0.25, 0.3) is 0 Å². The number of hydrogen-bond acceptors (Lipinski definition) is 5. The topological polar surface area (TPSA) is 114 Å². The van der Waals surface area contributed by atoms with Gasteiger partial charge in [-0.15, -0.1) is 0 Å². The Bertz CT molecular complexity index is 431. The van der Waals surface area contributed by atoms with E-state index >= 15 is 0 Å². The van der Waals surface area contributed by atoms with E-state index < -0.39 is 30.3 Å². The highest BCUT2D eigenvalue weighted by atomic mass is 19.3. The van der Waals surface area contributed by atoms with Crippen molar-refractivity contribution in [3.8, 4) is 0 Å². The summed E-state index contributed by atoms with van der Waals surface area (Å²) in [7, 11) is 0. The molecule has 7 nitrogen and oxygen atoms in total. The summed E-state index contributed by atoms with van der Waals surface area (Å²) in [5.74, 6) is -1.36. The Morgan fingerprint density at radius 2 is 2.00 bits per heavy atom. The first-order chi connectivity index (χ1) is 9.55. The van der Waals surface area contributed by atoms with E-state index in [0.29, 0.717) is 0 Å². The Labute approximate surface area is 120 Å². The van der Waals surface area contributed by atoms with Gasteiger partial charge in [0.2, 0.25) is 0 Å². The number of hydrogen-bond donors (Lipinski definition) is 3. The number of aliphatic imine (C=N–C) groups is 1. The predicted molar refractivity (Wildman–Crippen MR) is 72.2 cm³/mol. The number of carboxylic acid groups (broad SMARTS) is 1. The molecule has 0 aliphatic carbocycles. The van der Waals surface area contributed by atoms with Crippen molar-refractivity contribution in [3.63, 3.8) is 0 Å². The highest BCUT2D eigenvalue weighted by Crippen LogP contribution is 2.09. The van der Waals surface area contributed by atoms with E-state index in [1.54, 1.807) is 20.8 Å². The molecule has 9 heteroatoms. The zero-order valence-electron chi connectivity index (χ0n) is 12.0. The molecule has 0 aliphatic rings. The molecule has 0 aromatic carbocycles. The molecule has 0 fully saturated rings. The quantitative estimate of drug-likeness (QED) is 0.508. The number of nitrogens with zero attached hydrogens (tertiary/aromatic N) is 1. The lowest BCUT2D eigenvalue weighted by atomic mass is 10.1. The van der Waals surface area contributed by atoms with E-state index in [9.17, 15) is 18.4 Å². The number of halogens is 2. The van der Waals surface area contributed by atoms with Crippen LogP contribution in [0.3, 0.4) is 0 Å². The molecule has 4 N–H and O–H groups in total. The zero-order chi connectivity index (χ0) is 16.6. The van der Waals surface area contributed by atoms with Crippen molar-refractivity contribution in [2.75, 3.05) is 0 Å². The second kappa shape index (κ2) is 8.18. The van der Waals surface area contributed by atoms with Gasteiger partial charge >= 0.3 is 18.6 Å². The van der Waals surface area contributed by atoms with E-state index in [0.717, 1.165) is 12.4 Å². The molecule has 120 valence electrons. The van der Waals surface area contributed by atoms with Gasteiger partial charge in [-0.25, -0.2) is 14.6 Å². The van der Waals surface area contributed by atoms with Crippen LogP contribution in [0.2, 0.25) is 0 Å². The number of nitrogens with two attached hydrogens (primary N) is 1. The molecule has 0 rings (SSSR count). The molecule has 1 amide bonds. The van der Waals surface area contributed by atoms with Crippen LogP contribution in [0, 0.1) is 0 Å². The monoisotopic (exact) mass is 307 g/mol. The van der Waals surface area contributed by atoms with Gasteiger partial charge in [-0.3, -0.25) is 0 Å². The average Bonchev–Trinajstić information content (AvgIpc) is 2.30. The van der Waals surface area contributed by atoms with Crippen molar-refractivity contribution < 1.29 is 28.2 Å². The van der Waals surface area contributed by atoms with Gasteiger partial charge in [-0.2, -0.15) is 8.78 Å². The molecular weight excluding hydrogens is 288 g/mol. The lowest BCUT2D eigenvalue weighted by molar-refractivity contribution is -0.139. The molecule has 1 atom stereocenters. The number of carbonyl (C=O) groups is 2. The van der Waals surface area contributed by atoms with Gasteiger partial charge in [0.15, 0.2) is 0 Å². The number of alkyl carbamates (subject to hydrolysis) is 1. The summed E-state index contributed by atoms with van der Waals surface area (Å²) in [6, 6.07) is -1.38. The third kappa shape index (κ3) is 9.36. The number of amides is 1. The van der Waals surface area contributed by atoms with Gasteiger partial charge in [0, 0.05) is 12.6 Å². The Hall–Kier alpha value is -2.19. The van der Waals surface area contributed by atoms with Crippen molar-refractivity contribution in [1.29, 1.82) is 0 Å². The van der Waals surface area contributed by atoms with Crippen LogP contribution in [-0.4, -0.2) is 41.6 Å². The van der Waals surface area contributed by atoms with Gasteiger partial charge in [-0.05, 0) is 32.5 Å². The SMILES string of the molecule is CC(C)(C)OC(=O)N[C@H](CC(=C/N)/C=N/C(F)F)C(=O)O. The third-order valence-corrected chi connectivity index (χ3v) is 2.00. The van der Waals surface area contributed by atoms with E-state index in [1.165, 1.54) is 0 Å². The molecule has 0 aromatic rings. The summed E-state index contributed by atoms with van der Waals surface area (Å²) in [4.78, 5) is 25.4. The van der Waals surface area contributed by atoms with E-state index in [2.05, 4.69) is 10.3 Å². The maximum Gasteiger partial charge on any atom is 0.408 e. The van der Waals surface area contributed by atoms with Crippen molar-refractivity contribution in [2.24, 2.45) is 10.7 Å². The Balaban J connectivity index is 4.77. The third-order valence-electron chi connectivity index (χ3n) is 2.00. The van der Waals surface area contributed by atoms with Crippen LogP contribution in [0.4, 0.5) is 13.6 Å². The number of rotatable bonds is 6. The summed E-state index contributed by atoms with van der Waals surface area (Å²) in [5.41, 5.74) is 4.45.